The van der Waals surface area contributed by atoms with Gasteiger partial charge in [0.1, 0.15) is 0 Å². The fraction of sp³-hybridized carbons (Fsp3) is 0.417. The van der Waals surface area contributed by atoms with Gasteiger partial charge in [-0.2, -0.15) is 5.26 Å². The van der Waals surface area contributed by atoms with Gasteiger partial charge in [-0.05, 0) is 30.2 Å². The second-order valence-electron chi connectivity index (χ2n) is 4.45. The van der Waals surface area contributed by atoms with Crippen molar-refractivity contribution in [3.63, 3.8) is 0 Å². The van der Waals surface area contributed by atoms with Crippen LogP contribution in [0.4, 0.5) is 0 Å². The molecule has 1 aliphatic heterocycles. The number of nitrogens with zero attached hydrogens (tertiary/aromatic N) is 2. The van der Waals surface area contributed by atoms with Gasteiger partial charge in [-0.1, -0.05) is 0 Å². The highest BCUT2D eigenvalue weighted by Gasteiger charge is 2.26. The van der Waals surface area contributed by atoms with Crippen LogP contribution in [-0.2, 0) is 10.0 Å². The third-order valence-corrected chi connectivity index (χ3v) is 4.91. The molecular weight excluding hydrogens is 250 g/mol. The second kappa shape index (κ2) is 5.06. The standard InChI is InChI=1S/C12H15N3O2S/c1-15(9-11-7-14-8-11)18(16,17)12-4-2-10(6-13)3-5-12/h2-5,11,14H,7-9H2,1H3. The SMILES string of the molecule is CN(CC1CNC1)S(=O)(=O)c1ccc(C#N)cc1. The van der Waals surface area contributed by atoms with E-state index in [1.54, 1.807) is 7.05 Å². The normalized spacial score (nSPS) is 16.3. The molecule has 0 radical (unpaired) electrons. The molecule has 0 amide bonds. The number of rotatable bonds is 4. The van der Waals surface area contributed by atoms with Crippen molar-refractivity contribution in [1.82, 2.24) is 9.62 Å². The van der Waals surface area contributed by atoms with Crippen LogP contribution in [0.15, 0.2) is 29.2 Å². The van der Waals surface area contributed by atoms with E-state index in [0.29, 0.717) is 18.0 Å². The summed E-state index contributed by atoms with van der Waals surface area (Å²) in [5, 5.41) is 11.8. The van der Waals surface area contributed by atoms with Gasteiger partial charge in [-0.3, -0.25) is 0 Å². The van der Waals surface area contributed by atoms with E-state index in [9.17, 15) is 8.42 Å². The molecule has 5 nitrogen and oxygen atoms in total. The minimum atomic E-state index is -3.44. The zero-order valence-corrected chi connectivity index (χ0v) is 10.9. The van der Waals surface area contributed by atoms with Crippen molar-refractivity contribution in [1.29, 1.82) is 5.26 Å². The molecule has 1 aromatic rings. The number of benzene rings is 1. The topological polar surface area (TPSA) is 73.2 Å². The Morgan fingerprint density at radius 1 is 1.39 bits per heavy atom. The molecule has 6 heteroatoms. The van der Waals surface area contributed by atoms with E-state index in [1.165, 1.54) is 28.6 Å². The van der Waals surface area contributed by atoms with Gasteiger partial charge in [0.05, 0.1) is 16.5 Å². The maximum absolute atomic E-state index is 12.2. The van der Waals surface area contributed by atoms with Crippen LogP contribution in [0, 0.1) is 17.2 Å². The van der Waals surface area contributed by atoms with Gasteiger partial charge >= 0.3 is 0 Å². The maximum Gasteiger partial charge on any atom is 0.242 e. The summed E-state index contributed by atoms with van der Waals surface area (Å²) >= 11 is 0. The number of hydrogen-bond acceptors (Lipinski definition) is 4. The molecule has 18 heavy (non-hydrogen) atoms. The van der Waals surface area contributed by atoms with Gasteiger partial charge < -0.3 is 5.32 Å². The van der Waals surface area contributed by atoms with Gasteiger partial charge in [0, 0.05) is 26.7 Å². The van der Waals surface area contributed by atoms with E-state index < -0.39 is 10.0 Å². The second-order valence-corrected chi connectivity index (χ2v) is 6.49. The fourth-order valence-electron chi connectivity index (χ4n) is 1.82. The summed E-state index contributed by atoms with van der Waals surface area (Å²) in [5.41, 5.74) is 0.458. The fourth-order valence-corrected chi connectivity index (χ4v) is 3.07. The third-order valence-electron chi connectivity index (χ3n) is 3.07. The first-order valence-corrected chi connectivity index (χ1v) is 7.15. The summed E-state index contributed by atoms with van der Waals surface area (Å²) in [7, 11) is -1.85. The molecule has 0 saturated carbocycles. The first-order valence-electron chi connectivity index (χ1n) is 5.71. The van der Waals surface area contributed by atoms with Crippen molar-refractivity contribution in [2.75, 3.05) is 26.7 Å². The van der Waals surface area contributed by atoms with E-state index >= 15 is 0 Å². The summed E-state index contributed by atoms with van der Waals surface area (Å²) in [6.07, 6.45) is 0. The molecule has 96 valence electrons. The Morgan fingerprint density at radius 2 is 2.00 bits per heavy atom. The van der Waals surface area contributed by atoms with Crippen molar-refractivity contribution in [2.24, 2.45) is 5.92 Å². The van der Waals surface area contributed by atoms with Crippen LogP contribution in [-0.4, -0.2) is 39.4 Å². The lowest BCUT2D eigenvalue weighted by Crippen LogP contribution is -2.48. The summed E-state index contributed by atoms with van der Waals surface area (Å²) in [6, 6.07) is 7.96. The zero-order chi connectivity index (χ0) is 13.2. The molecule has 1 N–H and O–H groups in total. The van der Waals surface area contributed by atoms with Crippen molar-refractivity contribution in [3.8, 4) is 6.07 Å². The highest BCUT2D eigenvalue weighted by molar-refractivity contribution is 7.89. The van der Waals surface area contributed by atoms with E-state index in [2.05, 4.69) is 5.32 Å². The Kier molecular flexibility index (Phi) is 3.66. The molecular formula is C12H15N3O2S. The van der Waals surface area contributed by atoms with Crippen molar-refractivity contribution in [2.45, 2.75) is 4.90 Å². The first-order chi connectivity index (χ1) is 8.54. The Morgan fingerprint density at radius 3 is 2.44 bits per heavy atom. The quantitative estimate of drug-likeness (QED) is 0.855. The van der Waals surface area contributed by atoms with E-state index in [1.807, 2.05) is 6.07 Å². The summed E-state index contributed by atoms with van der Waals surface area (Å²) in [5.74, 6) is 0.392. The lowest BCUT2D eigenvalue weighted by atomic mass is 10.0. The van der Waals surface area contributed by atoms with Gasteiger partial charge in [0.2, 0.25) is 10.0 Å². The molecule has 1 aliphatic rings. The maximum atomic E-state index is 12.2. The van der Waals surface area contributed by atoms with Crippen LogP contribution >= 0.6 is 0 Å². The number of nitrogens with one attached hydrogen (secondary N) is 1. The molecule has 1 fully saturated rings. The van der Waals surface area contributed by atoms with E-state index in [-0.39, 0.29) is 4.90 Å². The van der Waals surface area contributed by atoms with Crippen LogP contribution < -0.4 is 5.32 Å². The van der Waals surface area contributed by atoms with E-state index in [4.69, 9.17) is 5.26 Å². The number of nitriles is 1. The largest absolute Gasteiger partial charge is 0.316 e. The highest BCUT2D eigenvalue weighted by Crippen LogP contribution is 2.17. The van der Waals surface area contributed by atoms with Crippen molar-refractivity contribution >= 4 is 10.0 Å². The number of sulfonamides is 1. The lowest BCUT2D eigenvalue weighted by molar-refractivity contribution is 0.288. The summed E-state index contributed by atoms with van der Waals surface area (Å²) < 4.78 is 25.8. The average molecular weight is 265 g/mol. The predicted molar refractivity (Wildman–Crippen MR) is 67.3 cm³/mol. The Hall–Kier alpha value is -1.42. The molecule has 0 aromatic heterocycles. The van der Waals surface area contributed by atoms with Gasteiger partial charge in [-0.25, -0.2) is 12.7 Å². The van der Waals surface area contributed by atoms with Gasteiger partial charge in [0.25, 0.3) is 0 Å². The van der Waals surface area contributed by atoms with E-state index in [0.717, 1.165) is 13.1 Å². The Labute approximate surface area is 107 Å². The molecule has 0 aliphatic carbocycles. The lowest BCUT2D eigenvalue weighted by Gasteiger charge is -2.30. The minimum Gasteiger partial charge on any atom is -0.316 e. The smallest absolute Gasteiger partial charge is 0.242 e. The Bertz CT molecular complexity index is 556. The summed E-state index contributed by atoms with van der Waals surface area (Å²) in [6.45, 7) is 2.26. The van der Waals surface area contributed by atoms with Gasteiger partial charge in [0.15, 0.2) is 0 Å². The van der Waals surface area contributed by atoms with Crippen molar-refractivity contribution < 1.29 is 8.42 Å². The molecule has 0 atom stereocenters. The predicted octanol–water partition coefficient (Wildman–Crippen LogP) is 0.398. The third kappa shape index (κ3) is 2.53. The van der Waals surface area contributed by atoms with Gasteiger partial charge in [-0.15, -0.1) is 0 Å². The van der Waals surface area contributed by atoms with Crippen LogP contribution in [0.3, 0.4) is 0 Å². The molecule has 2 rings (SSSR count). The van der Waals surface area contributed by atoms with Crippen LogP contribution in [0.5, 0.6) is 0 Å². The molecule has 1 saturated heterocycles. The molecule has 0 bridgehead atoms. The highest BCUT2D eigenvalue weighted by atomic mass is 32.2. The average Bonchev–Trinajstić information content (AvgIpc) is 2.33. The molecule has 0 unspecified atom stereocenters. The zero-order valence-electron chi connectivity index (χ0n) is 10.1. The van der Waals surface area contributed by atoms with Crippen LogP contribution in [0.2, 0.25) is 0 Å². The monoisotopic (exact) mass is 265 g/mol. The molecule has 1 aromatic carbocycles. The van der Waals surface area contributed by atoms with Crippen molar-refractivity contribution in [3.05, 3.63) is 29.8 Å². The minimum absolute atomic E-state index is 0.233. The molecule has 0 spiro atoms. The molecule has 1 heterocycles. The Balaban J connectivity index is 2.15. The van der Waals surface area contributed by atoms with Crippen LogP contribution in [0.25, 0.3) is 0 Å². The van der Waals surface area contributed by atoms with Crippen LogP contribution in [0.1, 0.15) is 5.56 Å². The first kappa shape index (κ1) is 13.0. The number of hydrogen-bond donors (Lipinski definition) is 1. The summed E-state index contributed by atoms with van der Waals surface area (Å²) in [4.78, 5) is 0.233.